The lowest BCUT2D eigenvalue weighted by Gasteiger charge is -2.51. The quantitative estimate of drug-likeness (QED) is 0.0113. The van der Waals surface area contributed by atoms with E-state index in [1.54, 1.807) is 117 Å². The van der Waals surface area contributed by atoms with Crippen LogP contribution < -0.4 is 0 Å². The molecule has 33 nitrogen and oxygen atoms in total. The van der Waals surface area contributed by atoms with Crippen molar-refractivity contribution in [3.05, 3.63) is 318 Å². The largest absolute Gasteiger partial charge is 0.467 e. The first-order valence-corrected chi connectivity index (χ1v) is 41.3. The highest BCUT2D eigenvalue weighted by Gasteiger charge is 2.61. The van der Waals surface area contributed by atoms with Gasteiger partial charge < -0.3 is 94.7 Å². The van der Waals surface area contributed by atoms with Gasteiger partial charge in [-0.05, 0) is 93.0 Å². The molecule has 5 aliphatic rings. The highest BCUT2D eigenvalue weighted by Crippen LogP contribution is 2.44. The first-order valence-electron chi connectivity index (χ1n) is 41.3. The predicted molar refractivity (Wildman–Crippen MR) is 445 cm³/mol. The molecule has 0 amide bonds. The van der Waals surface area contributed by atoms with Crippen LogP contribution in [0.25, 0.3) is 31.3 Å². The van der Waals surface area contributed by atoms with Crippen molar-refractivity contribution in [3.63, 3.8) is 0 Å². The lowest BCUT2D eigenvalue weighted by molar-refractivity contribution is -0.378. The van der Waals surface area contributed by atoms with Gasteiger partial charge >= 0.3 is 23.9 Å². The van der Waals surface area contributed by atoms with Crippen molar-refractivity contribution in [2.24, 2.45) is 21.3 Å². The lowest BCUT2D eigenvalue weighted by atomic mass is 9.87. The van der Waals surface area contributed by atoms with Crippen molar-refractivity contribution in [1.29, 1.82) is 0 Å². The van der Waals surface area contributed by atoms with Crippen LogP contribution in [0.1, 0.15) is 87.7 Å². The van der Waals surface area contributed by atoms with Crippen molar-refractivity contribution in [1.82, 2.24) is 0 Å². The molecule has 25 atom stereocenters. The second-order valence-electron chi connectivity index (χ2n) is 30.2. The topological polar surface area (TPSA) is 399 Å². The first-order chi connectivity index (χ1) is 61.2. The number of methoxy groups -OCH3 is 3. The summed E-state index contributed by atoms with van der Waals surface area (Å²) in [5.74, 6) is -4.73. The maximum absolute atomic E-state index is 15.1. The van der Waals surface area contributed by atoms with Crippen LogP contribution in [-0.4, -0.2) is 199 Å². The summed E-state index contributed by atoms with van der Waals surface area (Å²) >= 11 is 0. The lowest BCUT2D eigenvalue weighted by Crippen LogP contribution is -2.68. The van der Waals surface area contributed by atoms with Gasteiger partial charge in [0.25, 0.3) is 0 Å². The summed E-state index contributed by atoms with van der Waals surface area (Å²) in [6.07, 6.45) is -30.4. The standard InChI is InChI=1S/C92H101N9O24/c1-7-65-71(120-91-82(114-54-62-43-27-14-28-44-62)76(112-52-60-39-23-12-24-40-60)78(80(124-91)86(104)106-4)123-90-70(98-101-95)74(110-50-58-35-19-10-20-36-58)72(66(8-2)117-90)109-49-57-33-17-9-18-34-57)56(3)68(96-99-93)89(116-65)122-79-77(113-53-61-41-25-13-26-42-61)83(119-85(103)64-47-31-16-32-48-64)92(125-81(79)87(105)107-5)121-73-67(55-115-84(102)63-45-29-15-30-46-63)118-88(108-6)69(97-100-94)75(73)111-51-59-37-21-11-22-38-59/h9-48,56,65-83,88-92H,7-8,49-55H2,1-6H3/t56-,65?,66?,67?,68?,69?,70?,71+,72-,73-,74+,75+,76-,77+,78+,79-,80?,81?,82?,83?,88+,89+,90-,91-,92-/m1/s1. The fourth-order valence-corrected chi connectivity index (χ4v) is 15.9. The number of benzene rings is 8. The number of carbonyl (C=O) groups is 4. The van der Waals surface area contributed by atoms with Crippen molar-refractivity contribution in [2.45, 2.75) is 220 Å². The van der Waals surface area contributed by atoms with Crippen LogP contribution in [0.15, 0.2) is 258 Å². The average molecular weight is 1720 g/mol. The van der Waals surface area contributed by atoms with Crippen LogP contribution in [0.4, 0.5) is 0 Å². The van der Waals surface area contributed by atoms with Crippen LogP contribution in [-0.2, 0) is 144 Å². The Labute approximate surface area is 722 Å². The van der Waals surface area contributed by atoms with Gasteiger partial charge in [-0.15, -0.1) is 0 Å². The summed E-state index contributed by atoms with van der Waals surface area (Å²) in [5.41, 5.74) is 36.3. The first kappa shape index (κ1) is 91.6. The van der Waals surface area contributed by atoms with Gasteiger partial charge in [0, 0.05) is 21.8 Å². The number of esters is 4. The molecule has 13 rings (SSSR count). The van der Waals surface area contributed by atoms with E-state index in [1.807, 2.05) is 134 Å². The Hall–Kier alpha value is -11.1. The molecule has 33 heteroatoms. The summed E-state index contributed by atoms with van der Waals surface area (Å²) < 4.78 is 134. The molecule has 0 bridgehead atoms. The molecule has 5 heterocycles. The van der Waals surface area contributed by atoms with Crippen LogP contribution in [0.5, 0.6) is 0 Å². The van der Waals surface area contributed by atoms with Gasteiger partial charge in [-0.1, -0.05) is 255 Å². The van der Waals surface area contributed by atoms with Crippen molar-refractivity contribution in [2.75, 3.05) is 27.9 Å². The monoisotopic (exact) mass is 1720 g/mol. The van der Waals surface area contributed by atoms with Gasteiger partial charge in [0.1, 0.15) is 79.7 Å². The minimum atomic E-state index is -1.96. The Kier molecular flexibility index (Phi) is 33.9. The van der Waals surface area contributed by atoms with E-state index in [1.165, 1.54) is 26.4 Å². The molecule has 0 saturated carbocycles. The number of ether oxygens (including phenoxy) is 20. The van der Waals surface area contributed by atoms with Crippen molar-refractivity contribution < 1.29 is 114 Å². The summed E-state index contributed by atoms with van der Waals surface area (Å²) in [4.78, 5) is 69.0. The number of carbonyl (C=O) groups excluding carboxylic acids is 4. The molecule has 0 radical (unpaired) electrons. The Morgan fingerprint density at radius 2 is 0.640 bits per heavy atom. The Morgan fingerprint density at radius 3 is 1.04 bits per heavy atom. The second-order valence-corrected chi connectivity index (χ2v) is 30.2. The normalized spacial score (nSPS) is 29.6. The highest BCUT2D eigenvalue weighted by molar-refractivity contribution is 5.90. The number of nitrogens with zero attached hydrogens (tertiary/aromatic N) is 9. The fourth-order valence-electron chi connectivity index (χ4n) is 15.9. The van der Waals surface area contributed by atoms with Gasteiger partial charge in [-0.2, -0.15) is 0 Å². The number of hydrogen-bond acceptors (Lipinski definition) is 27. The molecule has 5 aliphatic heterocycles. The van der Waals surface area contributed by atoms with E-state index in [0.717, 1.165) is 18.2 Å². The molecule has 10 unspecified atom stereocenters. The predicted octanol–water partition coefficient (Wildman–Crippen LogP) is 14.2. The molecular weight excluding hydrogens is 1620 g/mol. The maximum atomic E-state index is 15.1. The molecule has 0 aliphatic carbocycles. The van der Waals surface area contributed by atoms with Gasteiger partial charge in [-0.25, -0.2) is 19.2 Å². The third kappa shape index (κ3) is 23.5. The van der Waals surface area contributed by atoms with Gasteiger partial charge in [0.15, 0.2) is 49.8 Å². The number of azide groups is 3. The molecular formula is C92H101N9O24. The Balaban J connectivity index is 0.869. The minimum Gasteiger partial charge on any atom is -0.467 e. The Bertz CT molecular complexity index is 4830. The van der Waals surface area contributed by atoms with E-state index in [2.05, 4.69) is 30.1 Å². The van der Waals surface area contributed by atoms with Crippen molar-refractivity contribution >= 4 is 23.9 Å². The van der Waals surface area contributed by atoms with Gasteiger partial charge in [0.2, 0.25) is 0 Å². The van der Waals surface area contributed by atoms with Crippen LogP contribution in [0.2, 0.25) is 0 Å². The average Bonchev–Trinajstić information content (AvgIpc) is 0.756. The molecule has 125 heavy (non-hydrogen) atoms. The smallest absolute Gasteiger partial charge is 0.338 e. The summed E-state index contributed by atoms with van der Waals surface area (Å²) in [5, 5.41) is 12.8. The highest BCUT2D eigenvalue weighted by atomic mass is 16.8. The molecule has 0 N–H and O–H groups in total. The summed E-state index contributed by atoms with van der Waals surface area (Å²) in [6.45, 7) is 4.45. The number of rotatable bonds is 39. The van der Waals surface area contributed by atoms with E-state index < -0.39 is 184 Å². The zero-order valence-corrected chi connectivity index (χ0v) is 69.7. The maximum Gasteiger partial charge on any atom is 0.338 e. The molecule has 658 valence electrons. The molecule has 8 aromatic carbocycles. The SMILES string of the molecule is CCC1O[C@@H](O[C@H]2C(C(=O)OC)O[C@@H](O[C@@H]3C(COC(=O)c4ccccc4)O[C@H](OC)C(N=[N+]=[N-])[C@@H]3OCc3ccccc3)C(OC(=O)c3ccccc3)[C@H]2OCc2ccccc2)C(N=[N+]=[N-])[C@@H](C)[C@@H]1O[C@@H]1OC(C(=O)OC)[C@@H](O[C@H]2OC(CC)[C@@H](OCc3ccccc3)[C@@H](OCc3ccccc3)C2N=[N+]=[N-])[C@@H](OCc2ccccc2)C1OCc1ccccc1. The van der Waals surface area contributed by atoms with E-state index in [0.29, 0.717) is 28.7 Å². The van der Waals surface area contributed by atoms with Crippen LogP contribution >= 0.6 is 0 Å². The molecule has 8 aromatic rings. The second kappa shape index (κ2) is 46.2. The van der Waals surface area contributed by atoms with E-state index >= 15 is 14.4 Å². The van der Waals surface area contributed by atoms with E-state index in [4.69, 9.17) is 94.7 Å². The van der Waals surface area contributed by atoms with Gasteiger partial charge in [0.05, 0.1) is 89.3 Å². The summed E-state index contributed by atoms with van der Waals surface area (Å²) in [7, 11) is 3.60. The zero-order chi connectivity index (χ0) is 87.4. The minimum absolute atomic E-state index is 0.0526. The third-order valence-electron chi connectivity index (χ3n) is 22.2. The van der Waals surface area contributed by atoms with E-state index in [-0.39, 0.29) is 57.2 Å². The molecule has 0 aromatic heterocycles. The van der Waals surface area contributed by atoms with Crippen LogP contribution in [0.3, 0.4) is 0 Å². The fraction of sp³-hybridized carbons (Fsp3) is 0.435. The molecule has 0 spiro atoms. The zero-order valence-electron chi connectivity index (χ0n) is 69.7. The molecule has 5 fully saturated rings. The summed E-state index contributed by atoms with van der Waals surface area (Å²) in [6, 6.07) is 67.4. The van der Waals surface area contributed by atoms with E-state index in [9.17, 15) is 21.4 Å². The Morgan fingerprint density at radius 1 is 0.328 bits per heavy atom. The third-order valence-corrected chi connectivity index (χ3v) is 22.2. The van der Waals surface area contributed by atoms with Gasteiger partial charge in [-0.3, -0.25) is 0 Å². The van der Waals surface area contributed by atoms with Crippen molar-refractivity contribution in [3.8, 4) is 0 Å². The van der Waals surface area contributed by atoms with Crippen LogP contribution in [0, 0.1) is 5.92 Å². The number of hydrogen-bond donors (Lipinski definition) is 0. The molecule has 5 saturated heterocycles.